The summed E-state index contributed by atoms with van der Waals surface area (Å²) in [5, 5.41) is 11.0. The maximum Gasteiger partial charge on any atom is 0.249 e. The molecule has 0 saturated carbocycles. The number of aromatic nitrogens is 3. The van der Waals surface area contributed by atoms with E-state index in [4.69, 9.17) is 5.73 Å². The minimum absolute atomic E-state index is 0.362. The van der Waals surface area contributed by atoms with Crippen molar-refractivity contribution in [3.63, 3.8) is 0 Å². The maximum atomic E-state index is 14.5. The monoisotopic (exact) mass is 410 g/mol. The number of nitrogens with zero attached hydrogens (tertiary/aromatic N) is 3. The molecular formula is C20H15FN4OS2. The highest BCUT2D eigenvalue weighted by Crippen LogP contribution is 2.32. The molecule has 0 saturated heterocycles. The van der Waals surface area contributed by atoms with Gasteiger partial charge in [0.25, 0.3) is 0 Å². The van der Waals surface area contributed by atoms with Crippen LogP contribution in [0.15, 0.2) is 71.2 Å². The Kier molecular flexibility index (Phi) is 5.23. The van der Waals surface area contributed by atoms with E-state index in [2.05, 4.69) is 10.2 Å². The summed E-state index contributed by atoms with van der Waals surface area (Å²) >= 11 is 2.88. The lowest BCUT2D eigenvalue weighted by Gasteiger charge is -2.11. The Balaban J connectivity index is 1.74. The molecule has 0 fully saturated rings. The lowest BCUT2D eigenvalue weighted by atomic mass is 10.1. The van der Waals surface area contributed by atoms with Crippen LogP contribution in [0.3, 0.4) is 0 Å². The van der Waals surface area contributed by atoms with Crippen molar-refractivity contribution in [1.82, 2.24) is 14.8 Å². The Morgan fingerprint density at radius 3 is 2.61 bits per heavy atom. The van der Waals surface area contributed by atoms with Crippen LogP contribution in [-0.4, -0.2) is 20.7 Å². The Hall–Kier alpha value is -2.97. The van der Waals surface area contributed by atoms with Gasteiger partial charge in [-0.2, -0.15) is 0 Å². The number of hydrogen-bond donors (Lipinski definition) is 1. The number of para-hydroxylation sites is 1. The Morgan fingerprint density at radius 1 is 1.07 bits per heavy atom. The summed E-state index contributed by atoms with van der Waals surface area (Å²) in [6.45, 7) is 0. The largest absolute Gasteiger partial charge is 0.366 e. The zero-order valence-electron chi connectivity index (χ0n) is 14.6. The molecular weight excluding hydrogens is 395 g/mol. The highest BCUT2D eigenvalue weighted by Gasteiger charge is 2.19. The van der Waals surface area contributed by atoms with E-state index >= 15 is 0 Å². The van der Waals surface area contributed by atoms with E-state index in [0.29, 0.717) is 28.0 Å². The average Bonchev–Trinajstić information content (AvgIpc) is 3.36. The smallest absolute Gasteiger partial charge is 0.249 e. The SMILES string of the molecule is NC(=O)c1ccccc1CSc1nnc(-c2cccs2)n1-c1ccccc1F. The molecule has 2 aromatic carbocycles. The van der Waals surface area contributed by atoms with Crippen molar-refractivity contribution in [2.24, 2.45) is 5.73 Å². The summed E-state index contributed by atoms with van der Waals surface area (Å²) in [6.07, 6.45) is 0. The van der Waals surface area contributed by atoms with E-state index < -0.39 is 5.91 Å². The summed E-state index contributed by atoms with van der Waals surface area (Å²) < 4.78 is 16.3. The first-order valence-electron chi connectivity index (χ1n) is 8.40. The standard InChI is InChI=1S/C20H15FN4OS2/c21-15-8-3-4-9-16(15)25-19(17-10-5-11-27-17)23-24-20(25)28-12-13-6-1-2-7-14(13)18(22)26/h1-11H,12H2,(H2,22,26). The Labute approximate surface area is 169 Å². The van der Waals surface area contributed by atoms with Crippen molar-refractivity contribution in [3.05, 3.63) is 83.0 Å². The van der Waals surface area contributed by atoms with Gasteiger partial charge in [-0.15, -0.1) is 21.5 Å². The van der Waals surface area contributed by atoms with Gasteiger partial charge in [0.2, 0.25) is 5.91 Å². The number of primary amides is 1. The number of hydrogen-bond acceptors (Lipinski definition) is 5. The summed E-state index contributed by atoms with van der Waals surface area (Å²) in [7, 11) is 0. The van der Waals surface area contributed by atoms with Gasteiger partial charge in [-0.25, -0.2) is 4.39 Å². The van der Waals surface area contributed by atoms with Gasteiger partial charge in [-0.05, 0) is 35.2 Å². The van der Waals surface area contributed by atoms with Gasteiger partial charge in [0.1, 0.15) is 5.82 Å². The molecule has 0 aliphatic carbocycles. The molecule has 0 aliphatic heterocycles. The molecule has 0 radical (unpaired) electrons. The number of carbonyl (C=O) groups is 1. The summed E-state index contributed by atoms with van der Waals surface area (Å²) in [6, 6.07) is 17.5. The Bertz CT molecular complexity index is 1120. The zero-order chi connectivity index (χ0) is 19.5. The highest BCUT2D eigenvalue weighted by molar-refractivity contribution is 7.98. The highest BCUT2D eigenvalue weighted by atomic mass is 32.2. The molecule has 2 N–H and O–H groups in total. The van der Waals surface area contributed by atoms with Crippen molar-refractivity contribution in [3.8, 4) is 16.4 Å². The molecule has 0 spiro atoms. The molecule has 4 rings (SSSR count). The fourth-order valence-corrected chi connectivity index (χ4v) is 4.46. The normalized spacial score (nSPS) is 10.9. The molecule has 0 aliphatic rings. The third-order valence-corrected chi connectivity index (χ3v) is 5.95. The van der Waals surface area contributed by atoms with E-state index in [1.54, 1.807) is 34.9 Å². The predicted molar refractivity (Wildman–Crippen MR) is 109 cm³/mol. The number of amides is 1. The van der Waals surface area contributed by atoms with Crippen LogP contribution in [-0.2, 0) is 5.75 Å². The number of rotatable bonds is 6. The number of halogens is 1. The topological polar surface area (TPSA) is 73.8 Å². The minimum atomic E-state index is -0.481. The average molecular weight is 410 g/mol. The summed E-state index contributed by atoms with van der Waals surface area (Å²) in [4.78, 5) is 12.5. The van der Waals surface area contributed by atoms with Gasteiger partial charge >= 0.3 is 0 Å². The molecule has 5 nitrogen and oxygen atoms in total. The van der Waals surface area contributed by atoms with Gasteiger partial charge in [-0.3, -0.25) is 9.36 Å². The minimum Gasteiger partial charge on any atom is -0.366 e. The van der Waals surface area contributed by atoms with Gasteiger partial charge in [0.05, 0.1) is 10.6 Å². The maximum absolute atomic E-state index is 14.5. The van der Waals surface area contributed by atoms with Crippen LogP contribution in [0.25, 0.3) is 16.4 Å². The second-order valence-corrected chi connectivity index (χ2v) is 7.77. The number of thioether (sulfide) groups is 1. The second kappa shape index (κ2) is 7.95. The van der Waals surface area contributed by atoms with Crippen molar-refractivity contribution in [2.45, 2.75) is 10.9 Å². The van der Waals surface area contributed by atoms with E-state index in [1.807, 2.05) is 29.6 Å². The van der Waals surface area contributed by atoms with Gasteiger partial charge in [-0.1, -0.05) is 48.2 Å². The van der Waals surface area contributed by atoms with Crippen molar-refractivity contribution in [1.29, 1.82) is 0 Å². The first-order valence-corrected chi connectivity index (χ1v) is 10.3. The molecule has 2 heterocycles. The van der Waals surface area contributed by atoms with E-state index in [1.165, 1.54) is 29.2 Å². The molecule has 8 heteroatoms. The van der Waals surface area contributed by atoms with Crippen LogP contribution in [0, 0.1) is 5.82 Å². The van der Waals surface area contributed by atoms with Gasteiger partial charge in [0.15, 0.2) is 11.0 Å². The molecule has 0 atom stereocenters. The van der Waals surface area contributed by atoms with Crippen LogP contribution in [0.1, 0.15) is 15.9 Å². The number of thiophene rings is 1. The number of benzene rings is 2. The molecule has 28 heavy (non-hydrogen) atoms. The predicted octanol–water partition coefficient (Wildman–Crippen LogP) is 4.53. The summed E-state index contributed by atoms with van der Waals surface area (Å²) in [5.74, 6) is 0.187. The van der Waals surface area contributed by atoms with Gasteiger partial charge < -0.3 is 5.73 Å². The fraction of sp³-hybridized carbons (Fsp3) is 0.0500. The molecule has 1 amide bonds. The first kappa shape index (κ1) is 18.4. The van der Waals surface area contributed by atoms with E-state index in [9.17, 15) is 9.18 Å². The Morgan fingerprint density at radius 2 is 1.86 bits per heavy atom. The first-order chi connectivity index (χ1) is 13.6. The number of carbonyl (C=O) groups excluding carboxylic acids is 1. The summed E-state index contributed by atoms with van der Waals surface area (Å²) in [5.41, 5.74) is 7.10. The van der Waals surface area contributed by atoms with Crippen LogP contribution < -0.4 is 5.73 Å². The van der Waals surface area contributed by atoms with Crippen LogP contribution in [0.5, 0.6) is 0 Å². The molecule has 0 bridgehead atoms. The van der Waals surface area contributed by atoms with Gasteiger partial charge in [0, 0.05) is 11.3 Å². The van der Waals surface area contributed by atoms with Crippen molar-refractivity contribution >= 4 is 29.0 Å². The van der Waals surface area contributed by atoms with Crippen LogP contribution >= 0.6 is 23.1 Å². The van der Waals surface area contributed by atoms with Crippen molar-refractivity contribution in [2.75, 3.05) is 0 Å². The number of nitrogens with two attached hydrogens (primary N) is 1. The third kappa shape index (κ3) is 3.56. The molecule has 0 unspecified atom stereocenters. The molecule has 140 valence electrons. The zero-order valence-corrected chi connectivity index (χ0v) is 16.2. The molecule has 4 aromatic rings. The fourth-order valence-electron chi connectivity index (χ4n) is 2.81. The van der Waals surface area contributed by atoms with Crippen LogP contribution in [0.2, 0.25) is 0 Å². The molecule has 2 aromatic heterocycles. The second-order valence-electron chi connectivity index (χ2n) is 5.88. The lowest BCUT2D eigenvalue weighted by Crippen LogP contribution is -2.13. The van der Waals surface area contributed by atoms with Crippen molar-refractivity contribution < 1.29 is 9.18 Å². The van der Waals surface area contributed by atoms with E-state index in [0.717, 1.165) is 10.4 Å². The lowest BCUT2D eigenvalue weighted by molar-refractivity contribution is 0.0999. The quantitative estimate of drug-likeness (QED) is 0.474. The van der Waals surface area contributed by atoms with Crippen LogP contribution in [0.4, 0.5) is 4.39 Å². The third-order valence-electron chi connectivity index (χ3n) is 4.11. The van der Waals surface area contributed by atoms with E-state index in [-0.39, 0.29) is 5.82 Å².